The minimum Gasteiger partial charge on any atom is -0.370 e. The van der Waals surface area contributed by atoms with Gasteiger partial charge in [0.15, 0.2) is 0 Å². The Labute approximate surface area is 103 Å². The van der Waals surface area contributed by atoms with Crippen molar-refractivity contribution < 1.29 is 13.2 Å². The zero-order valence-corrected chi connectivity index (χ0v) is 9.89. The van der Waals surface area contributed by atoms with Crippen molar-refractivity contribution in [3.05, 3.63) is 29.3 Å². The van der Waals surface area contributed by atoms with E-state index < -0.39 is 22.8 Å². The molecule has 94 valence electrons. The Hall–Kier alpha value is -2.14. The molecule has 5 heteroatoms. The van der Waals surface area contributed by atoms with Crippen LogP contribution >= 0.6 is 0 Å². The van der Waals surface area contributed by atoms with Crippen LogP contribution in [0.25, 0.3) is 0 Å². The average Bonchev–Trinajstić information content (AvgIpc) is 2.27. The van der Waals surface area contributed by atoms with E-state index in [1.807, 2.05) is 0 Å². The van der Waals surface area contributed by atoms with Gasteiger partial charge in [0.25, 0.3) is 0 Å². The highest BCUT2D eigenvalue weighted by Crippen LogP contribution is 2.34. The van der Waals surface area contributed by atoms with Crippen molar-refractivity contribution in [1.29, 1.82) is 5.26 Å². The van der Waals surface area contributed by atoms with Gasteiger partial charge < -0.3 is 5.32 Å². The number of anilines is 1. The van der Waals surface area contributed by atoms with E-state index >= 15 is 0 Å². The molecule has 0 radical (unpaired) electrons. The monoisotopic (exact) mass is 252 g/mol. The molecule has 1 aromatic rings. The van der Waals surface area contributed by atoms with E-state index in [1.54, 1.807) is 13.8 Å². The van der Waals surface area contributed by atoms with Gasteiger partial charge in [0, 0.05) is 5.69 Å². The van der Waals surface area contributed by atoms with Gasteiger partial charge in [-0.05, 0) is 32.0 Å². The van der Waals surface area contributed by atoms with Gasteiger partial charge in [0.2, 0.25) is 0 Å². The Morgan fingerprint density at radius 1 is 1.28 bits per heavy atom. The van der Waals surface area contributed by atoms with Crippen LogP contribution < -0.4 is 5.32 Å². The topological polar surface area (TPSA) is 35.8 Å². The maximum atomic E-state index is 12.7. The average molecular weight is 252 g/mol. The highest BCUT2D eigenvalue weighted by atomic mass is 19.4. The first-order chi connectivity index (χ1) is 8.19. The number of benzene rings is 1. The molecule has 1 rings (SSSR count). The molecule has 0 fully saturated rings. The Bertz CT molecular complexity index is 531. The third-order valence-electron chi connectivity index (χ3n) is 2.26. The van der Waals surface area contributed by atoms with Crippen LogP contribution in [0.3, 0.4) is 0 Å². The minimum atomic E-state index is -4.57. The summed E-state index contributed by atoms with van der Waals surface area (Å²) in [6.45, 7) is 3.33. The molecule has 2 nitrogen and oxygen atoms in total. The van der Waals surface area contributed by atoms with Crippen LogP contribution in [0.4, 0.5) is 18.9 Å². The summed E-state index contributed by atoms with van der Waals surface area (Å²) in [4.78, 5) is 0. The largest absolute Gasteiger partial charge is 0.417 e. The van der Waals surface area contributed by atoms with Gasteiger partial charge in [-0.2, -0.15) is 18.4 Å². The molecule has 0 bridgehead atoms. The molecule has 0 amide bonds. The Morgan fingerprint density at radius 3 is 2.33 bits per heavy atom. The van der Waals surface area contributed by atoms with Gasteiger partial charge >= 0.3 is 6.18 Å². The maximum absolute atomic E-state index is 12.7. The summed E-state index contributed by atoms with van der Waals surface area (Å²) in [6, 6.07) is 4.92. The van der Waals surface area contributed by atoms with E-state index in [0.717, 1.165) is 12.1 Å². The fourth-order valence-corrected chi connectivity index (χ4v) is 1.35. The molecular formula is C13H11F3N2. The molecule has 0 aliphatic rings. The number of nitriles is 1. The number of terminal acetylenes is 1. The van der Waals surface area contributed by atoms with Crippen LogP contribution in [0.5, 0.6) is 0 Å². The summed E-state index contributed by atoms with van der Waals surface area (Å²) in [5.41, 5.74) is -1.92. The van der Waals surface area contributed by atoms with Gasteiger partial charge in [-0.15, -0.1) is 6.42 Å². The summed E-state index contributed by atoms with van der Waals surface area (Å²) in [5, 5.41) is 11.4. The van der Waals surface area contributed by atoms with E-state index in [9.17, 15) is 13.2 Å². The number of alkyl halides is 3. The molecule has 0 unspecified atom stereocenters. The number of nitrogens with zero attached hydrogens (tertiary/aromatic N) is 1. The third-order valence-corrected chi connectivity index (χ3v) is 2.26. The summed E-state index contributed by atoms with van der Waals surface area (Å²) in [5.74, 6) is 2.42. The SMILES string of the molecule is C#CC(C)(C)Nc1ccc(C#N)c(C(F)(F)F)c1. The van der Waals surface area contributed by atoms with E-state index in [1.165, 1.54) is 12.1 Å². The van der Waals surface area contributed by atoms with E-state index in [0.29, 0.717) is 0 Å². The first kappa shape index (κ1) is 13.9. The van der Waals surface area contributed by atoms with Crippen LogP contribution in [0.1, 0.15) is 25.0 Å². The third kappa shape index (κ3) is 3.18. The standard InChI is InChI=1S/C13H11F3N2/c1-4-12(2,3)18-10-6-5-9(8-17)11(7-10)13(14,15)16/h1,5-7,18H,2-3H3. The number of hydrogen-bond acceptors (Lipinski definition) is 2. The molecule has 0 saturated heterocycles. The lowest BCUT2D eigenvalue weighted by molar-refractivity contribution is -0.137. The minimum absolute atomic E-state index is 0.226. The van der Waals surface area contributed by atoms with Crippen LogP contribution in [0.15, 0.2) is 18.2 Å². The van der Waals surface area contributed by atoms with Crippen molar-refractivity contribution in [3.8, 4) is 18.4 Å². The lowest BCUT2D eigenvalue weighted by Crippen LogP contribution is -2.28. The van der Waals surface area contributed by atoms with Crippen molar-refractivity contribution >= 4 is 5.69 Å². The second-order valence-corrected chi connectivity index (χ2v) is 4.26. The number of nitrogens with one attached hydrogen (secondary N) is 1. The molecule has 0 aromatic heterocycles. The summed E-state index contributed by atoms with van der Waals surface area (Å²) < 4.78 is 38.1. The molecule has 0 spiro atoms. The molecule has 0 atom stereocenters. The highest BCUT2D eigenvalue weighted by molar-refractivity contribution is 5.55. The smallest absolute Gasteiger partial charge is 0.370 e. The van der Waals surface area contributed by atoms with Crippen LogP contribution in [0.2, 0.25) is 0 Å². The van der Waals surface area contributed by atoms with E-state index in [4.69, 9.17) is 11.7 Å². The number of rotatable bonds is 2. The predicted octanol–water partition coefficient (Wildman–Crippen LogP) is 3.40. The van der Waals surface area contributed by atoms with Crippen molar-refractivity contribution in [2.75, 3.05) is 5.32 Å². The number of hydrogen-bond donors (Lipinski definition) is 1. The molecule has 18 heavy (non-hydrogen) atoms. The molecule has 1 aromatic carbocycles. The van der Waals surface area contributed by atoms with Crippen molar-refractivity contribution in [2.24, 2.45) is 0 Å². The molecule has 0 heterocycles. The fourth-order valence-electron chi connectivity index (χ4n) is 1.35. The first-order valence-electron chi connectivity index (χ1n) is 5.07. The van der Waals surface area contributed by atoms with Gasteiger partial charge in [-0.25, -0.2) is 0 Å². The van der Waals surface area contributed by atoms with Crippen molar-refractivity contribution in [1.82, 2.24) is 0 Å². The van der Waals surface area contributed by atoms with E-state index in [-0.39, 0.29) is 5.69 Å². The summed E-state index contributed by atoms with van der Waals surface area (Å²) in [7, 11) is 0. The van der Waals surface area contributed by atoms with Crippen LogP contribution in [-0.2, 0) is 6.18 Å². The normalized spacial score (nSPS) is 11.5. The van der Waals surface area contributed by atoms with E-state index in [2.05, 4.69) is 11.2 Å². The fraction of sp³-hybridized carbons (Fsp3) is 0.308. The Morgan fingerprint density at radius 2 is 1.89 bits per heavy atom. The summed E-state index contributed by atoms with van der Waals surface area (Å²) in [6.07, 6.45) is 0.681. The number of halogens is 3. The molecule has 0 aliphatic carbocycles. The Balaban J connectivity index is 3.22. The maximum Gasteiger partial charge on any atom is 0.417 e. The van der Waals surface area contributed by atoms with Gasteiger partial charge in [0.1, 0.15) is 0 Å². The molecule has 0 saturated carbocycles. The Kier molecular flexibility index (Phi) is 3.57. The van der Waals surface area contributed by atoms with Gasteiger partial charge in [-0.1, -0.05) is 5.92 Å². The quantitative estimate of drug-likeness (QED) is 0.819. The second kappa shape index (κ2) is 4.62. The van der Waals surface area contributed by atoms with Crippen LogP contribution in [-0.4, -0.2) is 5.54 Å². The zero-order chi connectivity index (χ0) is 14.0. The zero-order valence-electron chi connectivity index (χ0n) is 9.89. The van der Waals surface area contributed by atoms with Crippen molar-refractivity contribution in [3.63, 3.8) is 0 Å². The lowest BCUT2D eigenvalue weighted by atomic mass is 10.0. The highest BCUT2D eigenvalue weighted by Gasteiger charge is 2.34. The first-order valence-corrected chi connectivity index (χ1v) is 5.07. The van der Waals surface area contributed by atoms with Gasteiger partial charge in [0.05, 0.1) is 22.7 Å². The van der Waals surface area contributed by atoms with Gasteiger partial charge in [-0.3, -0.25) is 0 Å². The van der Waals surface area contributed by atoms with Crippen molar-refractivity contribution in [2.45, 2.75) is 25.6 Å². The predicted molar refractivity (Wildman–Crippen MR) is 62.7 cm³/mol. The second-order valence-electron chi connectivity index (χ2n) is 4.26. The molecule has 1 N–H and O–H groups in total. The van der Waals surface area contributed by atoms with Crippen LogP contribution in [0, 0.1) is 23.7 Å². The molecular weight excluding hydrogens is 241 g/mol. The molecule has 0 aliphatic heterocycles. The summed E-state index contributed by atoms with van der Waals surface area (Å²) >= 11 is 0. The lowest BCUT2D eigenvalue weighted by Gasteiger charge is -2.22.